The number of ether oxygens (including phenoxy) is 1. The quantitative estimate of drug-likeness (QED) is 0.831. The molecule has 3 fully saturated rings. The molecule has 3 unspecified atom stereocenters. The fourth-order valence-corrected chi connectivity index (χ4v) is 3.99. The van der Waals surface area contributed by atoms with Gasteiger partial charge in [-0.15, -0.1) is 0 Å². The van der Waals surface area contributed by atoms with E-state index in [0.717, 1.165) is 25.7 Å². The molecule has 3 heteroatoms. The molecule has 104 valence electrons. The number of morpholine rings is 1. The Kier molecular flexibility index (Phi) is 3.65. The Morgan fingerprint density at radius 1 is 1.28 bits per heavy atom. The summed E-state index contributed by atoms with van der Waals surface area (Å²) in [6.07, 6.45) is 7.20. The van der Waals surface area contributed by atoms with Gasteiger partial charge in [-0.1, -0.05) is 20.3 Å². The fourth-order valence-electron chi connectivity index (χ4n) is 3.99. The Hall–Kier alpha value is -0.120. The average Bonchev–Trinajstić information content (AvgIpc) is 2.91. The Bertz CT molecular complexity index is 292. The lowest BCUT2D eigenvalue weighted by molar-refractivity contribution is -0.0488. The maximum absolute atomic E-state index is 6.02. The van der Waals surface area contributed by atoms with Crippen LogP contribution in [0.2, 0.25) is 0 Å². The second-order valence-electron chi connectivity index (χ2n) is 7.09. The van der Waals surface area contributed by atoms with Crippen LogP contribution >= 0.6 is 0 Å². The number of hydrogen-bond acceptors (Lipinski definition) is 3. The predicted octanol–water partition coefficient (Wildman–Crippen LogP) is 2.02. The third-order valence-electron chi connectivity index (χ3n) is 5.31. The van der Waals surface area contributed by atoms with E-state index in [0.29, 0.717) is 17.6 Å². The van der Waals surface area contributed by atoms with E-state index in [1.165, 1.54) is 38.6 Å². The summed E-state index contributed by atoms with van der Waals surface area (Å²) >= 11 is 0. The zero-order valence-corrected chi connectivity index (χ0v) is 12.0. The highest BCUT2D eigenvalue weighted by atomic mass is 16.5. The van der Waals surface area contributed by atoms with Crippen molar-refractivity contribution in [3.8, 4) is 0 Å². The van der Waals surface area contributed by atoms with Crippen molar-refractivity contribution in [1.29, 1.82) is 0 Å². The minimum atomic E-state index is 0.413. The van der Waals surface area contributed by atoms with Gasteiger partial charge in [-0.05, 0) is 37.6 Å². The van der Waals surface area contributed by atoms with Gasteiger partial charge in [-0.2, -0.15) is 0 Å². The van der Waals surface area contributed by atoms with E-state index in [4.69, 9.17) is 4.74 Å². The summed E-state index contributed by atoms with van der Waals surface area (Å²) in [4.78, 5) is 2.63. The second-order valence-corrected chi connectivity index (χ2v) is 7.09. The van der Waals surface area contributed by atoms with Gasteiger partial charge in [-0.3, -0.25) is 4.90 Å². The molecule has 1 saturated carbocycles. The van der Waals surface area contributed by atoms with E-state index in [9.17, 15) is 0 Å². The Balaban J connectivity index is 1.46. The molecule has 3 atom stereocenters. The smallest absolute Gasteiger partial charge is 0.0827 e. The molecule has 0 spiro atoms. The van der Waals surface area contributed by atoms with Crippen LogP contribution in [0.1, 0.15) is 46.0 Å². The molecule has 0 aromatic carbocycles. The molecule has 3 rings (SSSR count). The lowest BCUT2D eigenvalue weighted by atomic mass is 9.87. The van der Waals surface area contributed by atoms with Crippen molar-refractivity contribution in [3.05, 3.63) is 0 Å². The van der Waals surface area contributed by atoms with Gasteiger partial charge in [0.25, 0.3) is 0 Å². The maximum Gasteiger partial charge on any atom is 0.0827 e. The number of hydrogen-bond donors (Lipinski definition) is 1. The molecule has 0 aromatic rings. The summed E-state index contributed by atoms with van der Waals surface area (Å²) in [5, 5.41) is 3.77. The first-order valence-corrected chi connectivity index (χ1v) is 7.74. The minimum Gasteiger partial charge on any atom is -0.374 e. The number of nitrogens with zero attached hydrogens (tertiary/aromatic N) is 1. The van der Waals surface area contributed by atoms with E-state index >= 15 is 0 Å². The normalized spacial score (nSPS) is 40.0. The van der Waals surface area contributed by atoms with Gasteiger partial charge >= 0.3 is 0 Å². The van der Waals surface area contributed by atoms with Crippen LogP contribution in [0.4, 0.5) is 0 Å². The fraction of sp³-hybridized carbons (Fsp3) is 1.00. The molecule has 0 aromatic heterocycles. The summed E-state index contributed by atoms with van der Waals surface area (Å²) in [6.45, 7) is 9.23. The van der Waals surface area contributed by atoms with Crippen LogP contribution in [0.15, 0.2) is 0 Å². The van der Waals surface area contributed by atoms with Crippen LogP contribution in [0, 0.1) is 5.41 Å². The second kappa shape index (κ2) is 5.10. The van der Waals surface area contributed by atoms with E-state index < -0.39 is 0 Å². The highest BCUT2D eigenvalue weighted by Gasteiger charge is 2.36. The number of nitrogens with one attached hydrogen (secondary N) is 1. The first-order chi connectivity index (χ1) is 8.65. The topological polar surface area (TPSA) is 24.5 Å². The van der Waals surface area contributed by atoms with Gasteiger partial charge in [-0.25, -0.2) is 0 Å². The zero-order chi connectivity index (χ0) is 12.6. The van der Waals surface area contributed by atoms with Gasteiger partial charge in [0.15, 0.2) is 0 Å². The van der Waals surface area contributed by atoms with Crippen LogP contribution in [-0.4, -0.2) is 49.3 Å². The SMILES string of the molecule is CC1(C)CCCC1NCC1CN2CCCC2CO1. The first kappa shape index (κ1) is 12.9. The van der Waals surface area contributed by atoms with Crippen molar-refractivity contribution in [2.45, 2.75) is 64.1 Å². The highest BCUT2D eigenvalue weighted by Crippen LogP contribution is 2.37. The van der Waals surface area contributed by atoms with Gasteiger partial charge in [0.1, 0.15) is 0 Å². The molecular formula is C15H28N2O. The molecule has 3 aliphatic rings. The largest absolute Gasteiger partial charge is 0.374 e. The number of rotatable bonds is 3. The molecule has 3 nitrogen and oxygen atoms in total. The molecule has 1 N–H and O–H groups in total. The summed E-state index contributed by atoms with van der Waals surface area (Å²) in [6, 6.07) is 1.42. The van der Waals surface area contributed by atoms with Gasteiger partial charge in [0, 0.05) is 25.2 Å². The van der Waals surface area contributed by atoms with Crippen LogP contribution in [0.5, 0.6) is 0 Å². The molecular weight excluding hydrogens is 224 g/mol. The summed E-state index contributed by atoms with van der Waals surface area (Å²) < 4.78 is 6.02. The average molecular weight is 252 g/mol. The van der Waals surface area contributed by atoms with Crippen molar-refractivity contribution in [2.75, 3.05) is 26.2 Å². The van der Waals surface area contributed by atoms with E-state index in [1.807, 2.05) is 0 Å². The monoisotopic (exact) mass is 252 g/mol. The Labute approximate surface area is 111 Å². The predicted molar refractivity (Wildman–Crippen MR) is 73.8 cm³/mol. The van der Waals surface area contributed by atoms with Crippen LogP contribution < -0.4 is 5.32 Å². The van der Waals surface area contributed by atoms with Gasteiger partial charge in [0.2, 0.25) is 0 Å². The zero-order valence-electron chi connectivity index (χ0n) is 12.0. The van der Waals surface area contributed by atoms with Crippen molar-refractivity contribution in [1.82, 2.24) is 10.2 Å². The lowest BCUT2D eigenvalue weighted by Gasteiger charge is -2.37. The minimum absolute atomic E-state index is 0.413. The highest BCUT2D eigenvalue weighted by molar-refractivity contribution is 4.92. The molecule has 18 heavy (non-hydrogen) atoms. The molecule has 2 aliphatic heterocycles. The summed E-state index contributed by atoms with van der Waals surface area (Å²) in [7, 11) is 0. The van der Waals surface area contributed by atoms with Crippen LogP contribution in [0.3, 0.4) is 0 Å². The lowest BCUT2D eigenvalue weighted by Crippen LogP contribution is -2.51. The molecule has 0 bridgehead atoms. The molecule has 0 amide bonds. The standard InChI is InChI=1S/C15H28N2O/c1-15(2)7-3-6-14(15)16-9-13-10-17-8-4-5-12(17)11-18-13/h12-14,16H,3-11H2,1-2H3. The molecule has 2 heterocycles. The third-order valence-corrected chi connectivity index (χ3v) is 5.31. The van der Waals surface area contributed by atoms with Gasteiger partial charge < -0.3 is 10.1 Å². The van der Waals surface area contributed by atoms with Crippen molar-refractivity contribution in [2.24, 2.45) is 5.41 Å². The van der Waals surface area contributed by atoms with Crippen molar-refractivity contribution >= 4 is 0 Å². The van der Waals surface area contributed by atoms with Gasteiger partial charge in [0.05, 0.1) is 12.7 Å². The summed E-state index contributed by atoms with van der Waals surface area (Å²) in [5.74, 6) is 0. The molecule has 0 radical (unpaired) electrons. The van der Waals surface area contributed by atoms with Crippen LogP contribution in [-0.2, 0) is 4.74 Å². The Morgan fingerprint density at radius 2 is 2.17 bits per heavy atom. The van der Waals surface area contributed by atoms with E-state index in [2.05, 4.69) is 24.1 Å². The summed E-state index contributed by atoms with van der Waals surface area (Å²) in [5.41, 5.74) is 0.477. The number of fused-ring (bicyclic) bond motifs is 1. The third kappa shape index (κ3) is 2.59. The van der Waals surface area contributed by atoms with Crippen molar-refractivity contribution < 1.29 is 4.74 Å². The van der Waals surface area contributed by atoms with E-state index in [-0.39, 0.29) is 0 Å². The Morgan fingerprint density at radius 3 is 2.94 bits per heavy atom. The molecule has 2 saturated heterocycles. The van der Waals surface area contributed by atoms with Crippen LogP contribution in [0.25, 0.3) is 0 Å². The first-order valence-electron chi connectivity index (χ1n) is 7.74. The molecule has 1 aliphatic carbocycles. The maximum atomic E-state index is 6.02. The van der Waals surface area contributed by atoms with Crippen molar-refractivity contribution in [3.63, 3.8) is 0 Å². The van der Waals surface area contributed by atoms with E-state index in [1.54, 1.807) is 0 Å².